The highest BCUT2D eigenvalue weighted by Crippen LogP contribution is 2.21. The Hall–Kier alpha value is -2.02. The Kier molecular flexibility index (Phi) is 8.14. The Balaban J connectivity index is 2.36. The third-order valence-electron chi connectivity index (χ3n) is 3.46. The smallest absolute Gasteiger partial charge is 0.321 e. The van der Waals surface area contributed by atoms with Crippen LogP contribution in [0.15, 0.2) is 23.1 Å². The number of hydrogen-bond donors (Lipinski definition) is 2. The van der Waals surface area contributed by atoms with Crippen LogP contribution in [0.1, 0.15) is 45.2 Å². The molecule has 0 aliphatic rings. The first-order chi connectivity index (χ1) is 12.0. The van der Waals surface area contributed by atoms with Crippen molar-refractivity contribution in [1.82, 2.24) is 10.6 Å². The number of esters is 1. The molecule has 6 nitrogen and oxygen atoms in total. The summed E-state index contributed by atoms with van der Waals surface area (Å²) in [6, 6.07) is 5.53. The van der Waals surface area contributed by atoms with Crippen LogP contribution in [0.3, 0.4) is 0 Å². The molecule has 1 rings (SSSR count). The number of aryl methyl sites for hydroxylation is 2. The zero-order chi connectivity index (χ0) is 19.9. The fraction of sp³-hybridized carbons (Fsp3) is 0.526. The average molecular weight is 381 g/mol. The zero-order valence-electron chi connectivity index (χ0n) is 16.3. The summed E-state index contributed by atoms with van der Waals surface area (Å²) < 4.78 is 5.08. The first kappa shape index (κ1) is 22.0. The van der Waals surface area contributed by atoms with Gasteiger partial charge in [-0.1, -0.05) is 6.07 Å². The molecule has 0 heterocycles. The number of hydrogen-bond acceptors (Lipinski definition) is 5. The van der Waals surface area contributed by atoms with Crippen LogP contribution in [0, 0.1) is 13.8 Å². The van der Waals surface area contributed by atoms with Crippen LogP contribution in [0.2, 0.25) is 0 Å². The van der Waals surface area contributed by atoms with Gasteiger partial charge in [0, 0.05) is 16.2 Å². The van der Waals surface area contributed by atoms with E-state index in [1.165, 1.54) is 18.1 Å². The number of imide groups is 1. The maximum Gasteiger partial charge on any atom is 0.321 e. The van der Waals surface area contributed by atoms with Crippen LogP contribution in [0.5, 0.6) is 0 Å². The van der Waals surface area contributed by atoms with Crippen LogP contribution >= 0.6 is 11.8 Å². The molecular formula is C19H28N2O4S. The van der Waals surface area contributed by atoms with E-state index >= 15 is 0 Å². The van der Waals surface area contributed by atoms with Gasteiger partial charge in [-0.2, -0.15) is 0 Å². The van der Waals surface area contributed by atoms with Gasteiger partial charge < -0.3 is 10.1 Å². The first-order valence-electron chi connectivity index (χ1n) is 8.50. The van der Waals surface area contributed by atoms with E-state index in [0.29, 0.717) is 5.75 Å². The molecule has 1 atom stereocenters. The molecule has 0 aromatic heterocycles. The van der Waals surface area contributed by atoms with E-state index in [2.05, 4.69) is 23.6 Å². The van der Waals surface area contributed by atoms with Crippen molar-refractivity contribution in [2.24, 2.45) is 0 Å². The second-order valence-corrected chi connectivity index (χ2v) is 8.34. The largest absolute Gasteiger partial charge is 0.453 e. The van der Waals surface area contributed by atoms with Gasteiger partial charge in [-0.05, 0) is 64.8 Å². The highest BCUT2D eigenvalue weighted by atomic mass is 32.2. The van der Waals surface area contributed by atoms with Gasteiger partial charge in [0.1, 0.15) is 0 Å². The number of carbonyl (C=O) groups excluding carboxylic acids is 3. The molecule has 7 heteroatoms. The molecule has 0 fully saturated rings. The fourth-order valence-corrected chi connectivity index (χ4v) is 2.88. The molecule has 0 aliphatic heterocycles. The third kappa shape index (κ3) is 8.38. The van der Waals surface area contributed by atoms with E-state index in [1.54, 1.807) is 32.5 Å². The number of urea groups is 1. The molecular weight excluding hydrogens is 352 g/mol. The Morgan fingerprint density at radius 2 is 1.81 bits per heavy atom. The molecule has 0 aliphatic carbocycles. The summed E-state index contributed by atoms with van der Waals surface area (Å²) in [6.45, 7) is 10.9. The lowest BCUT2D eigenvalue weighted by Gasteiger charge is -2.21. The SMILES string of the molecule is Cc1ccc(SCCC(=O)O[C@@H](C)C(=O)NC(=O)NC(C)(C)C)cc1C. The summed E-state index contributed by atoms with van der Waals surface area (Å²) >= 11 is 1.56. The predicted molar refractivity (Wildman–Crippen MR) is 103 cm³/mol. The summed E-state index contributed by atoms with van der Waals surface area (Å²) in [7, 11) is 0. The molecule has 2 N–H and O–H groups in total. The molecule has 144 valence electrons. The third-order valence-corrected chi connectivity index (χ3v) is 4.45. The lowest BCUT2D eigenvalue weighted by atomic mass is 10.1. The molecule has 1 aromatic rings. The summed E-state index contributed by atoms with van der Waals surface area (Å²) in [6.07, 6.45) is -0.844. The molecule has 0 radical (unpaired) electrons. The second kappa shape index (κ2) is 9.62. The molecule has 0 spiro atoms. The van der Waals surface area contributed by atoms with Crippen LogP contribution in [0.4, 0.5) is 4.79 Å². The molecule has 0 saturated carbocycles. The van der Waals surface area contributed by atoms with Crippen LogP contribution in [-0.4, -0.2) is 35.3 Å². The van der Waals surface area contributed by atoms with Crippen molar-refractivity contribution in [2.45, 2.75) is 64.5 Å². The summed E-state index contributed by atoms with van der Waals surface area (Å²) in [5.41, 5.74) is 1.97. The van der Waals surface area contributed by atoms with Gasteiger partial charge in [0.15, 0.2) is 6.10 Å². The predicted octanol–water partition coefficient (Wildman–Crippen LogP) is 3.34. The van der Waals surface area contributed by atoms with Crippen molar-refractivity contribution >= 4 is 29.7 Å². The highest BCUT2D eigenvalue weighted by Gasteiger charge is 2.22. The minimum atomic E-state index is -1.03. The van der Waals surface area contributed by atoms with Gasteiger partial charge >= 0.3 is 12.0 Å². The quantitative estimate of drug-likeness (QED) is 0.584. The van der Waals surface area contributed by atoms with E-state index < -0.39 is 29.6 Å². The minimum Gasteiger partial charge on any atom is -0.453 e. The van der Waals surface area contributed by atoms with Gasteiger partial charge in [-0.25, -0.2) is 4.79 Å². The lowest BCUT2D eigenvalue weighted by Crippen LogP contribution is -2.50. The van der Waals surface area contributed by atoms with Crippen molar-refractivity contribution in [3.63, 3.8) is 0 Å². The topological polar surface area (TPSA) is 84.5 Å². The van der Waals surface area contributed by atoms with Gasteiger partial charge in [0.05, 0.1) is 6.42 Å². The molecule has 0 unspecified atom stereocenters. The monoisotopic (exact) mass is 380 g/mol. The first-order valence-corrected chi connectivity index (χ1v) is 9.49. The Labute approximate surface area is 159 Å². The number of thioether (sulfide) groups is 1. The molecule has 0 saturated heterocycles. The summed E-state index contributed by atoms with van der Waals surface area (Å²) in [4.78, 5) is 36.5. The average Bonchev–Trinajstić information content (AvgIpc) is 2.48. The fourth-order valence-electron chi connectivity index (χ4n) is 1.95. The maximum absolute atomic E-state index is 11.9. The number of nitrogens with one attached hydrogen (secondary N) is 2. The Morgan fingerprint density at radius 1 is 1.15 bits per heavy atom. The normalized spacial score (nSPS) is 12.2. The minimum absolute atomic E-state index is 0.184. The molecule has 1 aromatic carbocycles. The standard InChI is InChI=1S/C19H28N2O4S/c1-12-7-8-15(11-13(12)2)26-10-9-16(22)25-14(3)17(23)20-18(24)21-19(4,5)6/h7-8,11,14H,9-10H2,1-6H3,(H2,20,21,23,24)/t14-/m0/s1. The van der Waals surface area contributed by atoms with Gasteiger partial charge in [0.2, 0.25) is 0 Å². The molecule has 3 amide bonds. The second-order valence-electron chi connectivity index (χ2n) is 7.17. The maximum atomic E-state index is 11.9. The van der Waals surface area contributed by atoms with Crippen LogP contribution in [-0.2, 0) is 14.3 Å². The van der Waals surface area contributed by atoms with E-state index in [-0.39, 0.29) is 6.42 Å². The van der Waals surface area contributed by atoms with E-state index in [4.69, 9.17) is 4.74 Å². The number of benzene rings is 1. The number of rotatable bonds is 6. The van der Waals surface area contributed by atoms with Gasteiger partial charge in [-0.15, -0.1) is 11.8 Å². The summed E-state index contributed by atoms with van der Waals surface area (Å²) in [5.74, 6) is -0.567. The molecule has 26 heavy (non-hydrogen) atoms. The Bertz CT molecular complexity index is 668. The van der Waals surface area contributed by atoms with E-state index in [9.17, 15) is 14.4 Å². The van der Waals surface area contributed by atoms with Crippen molar-refractivity contribution in [3.05, 3.63) is 29.3 Å². The zero-order valence-corrected chi connectivity index (χ0v) is 17.1. The van der Waals surface area contributed by atoms with Crippen molar-refractivity contribution in [2.75, 3.05) is 5.75 Å². The highest BCUT2D eigenvalue weighted by molar-refractivity contribution is 7.99. The van der Waals surface area contributed by atoms with Crippen molar-refractivity contribution in [3.8, 4) is 0 Å². The lowest BCUT2D eigenvalue weighted by molar-refractivity contribution is -0.154. The van der Waals surface area contributed by atoms with Crippen LogP contribution in [0.25, 0.3) is 0 Å². The summed E-state index contributed by atoms with van der Waals surface area (Å²) in [5, 5.41) is 4.77. The molecule has 0 bridgehead atoms. The van der Waals surface area contributed by atoms with Crippen molar-refractivity contribution < 1.29 is 19.1 Å². The number of carbonyl (C=O) groups is 3. The van der Waals surface area contributed by atoms with Crippen LogP contribution < -0.4 is 10.6 Å². The number of ether oxygens (including phenoxy) is 1. The van der Waals surface area contributed by atoms with E-state index in [1.807, 2.05) is 19.1 Å². The van der Waals surface area contributed by atoms with Crippen molar-refractivity contribution in [1.29, 1.82) is 0 Å². The Morgan fingerprint density at radius 3 is 2.38 bits per heavy atom. The van der Waals surface area contributed by atoms with Gasteiger partial charge in [0.25, 0.3) is 5.91 Å². The van der Waals surface area contributed by atoms with E-state index in [0.717, 1.165) is 4.90 Å². The number of amides is 3. The van der Waals surface area contributed by atoms with Gasteiger partial charge in [-0.3, -0.25) is 14.9 Å².